The molecule has 0 radical (unpaired) electrons. The van der Waals surface area contributed by atoms with Crippen LogP contribution in [0.1, 0.15) is 85.2 Å². The van der Waals surface area contributed by atoms with Crippen LogP contribution < -0.4 is 10.4 Å². The predicted molar refractivity (Wildman–Crippen MR) is 209 cm³/mol. The van der Waals surface area contributed by atoms with E-state index in [4.69, 9.17) is 31.9 Å². The van der Waals surface area contributed by atoms with Crippen molar-refractivity contribution < 1.29 is 41.5 Å². The molecule has 5 aromatic rings. The van der Waals surface area contributed by atoms with Crippen LogP contribution in [0.2, 0.25) is 5.04 Å². The molecule has 2 aromatic carbocycles. The topological polar surface area (TPSA) is 149 Å². The highest BCUT2D eigenvalue weighted by Gasteiger charge is 2.51. The number of esters is 1. The summed E-state index contributed by atoms with van der Waals surface area (Å²) < 4.78 is 39.9. The number of aromatic nitrogens is 3. The van der Waals surface area contributed by atoms with Gasteiger partial charge in [0.25, 0.3) is 8.32 Å². The molecule has 3 aromatic heterocycles. The third kappa shape index (κ3) is 10.8. The molecule has 0 bridgehead atoms. The van der Waals surface area contributed by atoms with E-state index in [1.807, 2.05) is 64.1 Å². The Morgan fingerprint density at radius 3 is 2.02 bits per heavy atom. The van der Waals surface area contributed by atoms with Gasteiger partial charge in [0.15, 0.2) is 17.2 Å². The smallest absolute Gasteiger partial charge is 0.308 e. The summed E-state index contributed by atoms with van der Waals surface area (Å²) in [6, 6.07) is 20.5. The van der Waals surface area contributed by atoms with E-state index in [1.54, 1.807) is 12.2 Å². The first-order chi connectivity index (χ1) is 26.2. The normalized spacial score (nSPS) is 13.6. The Morgan fingerprint density at radius 2 is 1.40 bits per heavy atom. The second-order valence-electron chi connectivity index (χ2n) is 15.4. The molecular weight excluding hydrogens is 719 g/mol. The number of allylic oxidation sites excluding steroid dienone is 1. The lowest BCUT2D eigenvalue weighted by Crippen LogP contribution is -2.67. The van der Waals surface area contributed by atoms with E-state index >= 15 is 0 Å². The molecule has 0 aliphatic rings. The second-order valence-corrected chi connectivity index (χ2v) is 19.7. The van der Waals surface area contributed by atoms with Crippen molar-refractivity contribution in [2.75, 3.05) is 13.9 Å². The van der Waals surface area contributed by atoms with E-state index in [-0.39, 0.29) is 60.7 Å². The highest BCUT2D eigenvalue weighted by atomic mass is 28.4. The molecule has 0 saturated heterocycles. The second kappa shape index (κ2) is 18.1. The Kier molecular flexibility index (Phi) is 13.6. The fraction of sp³-hybridized carbons (Fsp3) is 0.405. The molecule has 5 rings (SSSR count). The lowest BCUT2D eigenvalue weighted by atomic mass is 10.0. The number of nitrogens with zero attached hydrogens (tertiary/aromatic N) is 3. The number of ketones is 1. The fourth-order valence-electron chi connectivity index (χ4n) is 6.32. The summed E-state index contributed by atoms with van der Waals surface area (Å²) >= 11 is 0. The number of carbonyl (C=O) groups excluding carboxylic acids is 2. The van der Waals surface area contributed by atoms with Crippen molar-refractivity contribution in [1.82, 2.24) is 15.0 Å². The van der Waals surface area contributed by atoms with Gasteiger partial charge in [0.1, 0.15) is 37.8 Å². The third-order valence-electron chi connectivity index (χ3n) is 8.73. The van der Waals surface area contributed by atoms with Crippen molar-refractivity contribution in [2.24, 2.45) is 0 Å². The summed E-state index contributed by atoms with van der Waals surface area (Å²) in [5.41, 5.74) is 0.707. The van der Waals surface area contributed by atoms with Gasteiger partial charge in [-0.15, -0.1) is 0 Å². The molecule has 0 unspecified atom stereocenters. The van der Waals surface area contributed by atoms with Gasteiger partial charge >= 0.3 is 5.97 Å². The molecule has 292 valence electrons. The first-order valence-corrected chi connectivity index (χ1v) is 20.2. The quantitative estimate of drug-likeness (QED) is 0.0282. The number of oxazole rings is 3. The van der Waals surface area contributed by atoms with Crippen molar-refractivity contribution in [2.45, 2.75) is 97.0 Å². The molecular formula is C42H51N3O9Si. The number of ether oxygens (including phenoxy) is 3. The molecule has 0 fully saturated rings. The van der Waals surface area contributed by atoms with Gasteiger partial charge in [-0.05, 0) is 48.7 Å². The number of rotatable bonds is 18. The van der Waals surface area contributed by atoms with Crippen LogP contribution in [0.3, 0.4) is 0 Å². The maximum absolute atomic E-state index is 13.3. The molecule has 0 saturated carbocycles. The lowest BCUT2D eigenvalue weighted by molar-refractivity contribution is -0.156. The minimum Gasteiger partial charge on any atom is -0.460 e. The molecule has 2 atom stereocenters. The molecule has 0 aliphatic heterocycles. The van der Waals surface area contributed by atoms with E-state index < -0.39 is 20.0 Å². The first-order valence-electron chi connectivity index (χ1n) is 18.3. The Morgan fingerprint density at radius 1 is 0.800 bits per heavy atom. The van der Waals surface area contributed by atoms with Crippen LogP contribution in [0.15, 0.2) is 105 Å². The molecule has 12 nitrogen and oxygen atoms in total. The Balaban J connectivity index is 1.29. The molecule has 0 amide bonds. The van der Waals surface area contributed by atoms with E-state index in [1.165, 1.54) is 25.9 Å². The highest BCUT2D eigenvalue weighted by Crippen LogP contribution is 2.38. The first kappa shape index (κ1) is 41.2. The van der Waals surface area contributed by atoms with Crippen molar-refractivity contribution in [3.05, 3.63) is 103 Å². The summed E-state index contributed by atoms with van der Waals surface area (Å²) in [4.78, 5) is 39.9. The van der Waals surface area contributed by atoms with E-state index in [0.29, 0.717) is 29.4 Å². The van der Waals surface area contributed by atoms with Gasteiger partial charge in [-0.2, -0.15) is 0 Å². The SMILES string of the molecule is COCOCc1nc(-c2nc(-c3nc([C@@H](C)CC(=O)/C=C/C[C@@H](CC(=O)OC(C)(C)C)O[Si](c4ccccc4)(c4ccccc4)C(C)(C)C)co3)co2)co1. The minimum atomic E-state index is -3.01. The number of methoxy groups -OCH3 is 1. The van der Waals surface area contributed by atoms with Gasteiger partial charge in [0, 0.05) is 19.4 Å². The highest BCUT2D eigenvalue weighted by molar-refractivity contribution is 6.99. The zero-order valence-electron chi connectivity index (χ0n) is 32.9. The van der Waals surface area contributed by atoms with Crippen molar-refractivity contribution in [1.29, 1.82) is 0 Å². The molecule has 0 N–H and O–H groups in total. The minimum absolute atomic E-state index is 0.0306. The van der Waals surface area contributed by atoms with Crippen LogP contribution in [0.5, 0.6) is 0 Å². The average molecular weight is 770 g/mol. The summed E-state index contributed by atoms with van der Waals surface area (Å²) in [6.45, 7) is 14.3. The Bertz CT molecular complexity index is 1970. The van der Waals surface area contributed by atoms with Crippen LogP contribution in [0, 0.1) is 0 Å². The molecule has 0 aliphatic carbocycles. The van der Waals surface area contributed by atoms with Crippen LogP contribution in [0.25, 0.3) is 23.2 Å². The van der Waals surface area contributed by atoms with Crippen LogP contribution in [-0.2, 0) is 34.8 Å². The summed E-state index contributed by atoms with van der Waals surface area (Å²) in [5, 5.41) is 1.89. The van der Waals surface area contributed by atoms with Crippen molar-refractivity contribution in [3.8, 4) is 23.2 Å². The zero-order valence-corrected chi connectivity index (χ0v) is 33.9. The molecule has 55 heavy (non-hydrogen) atoms. The maximum atomic E-state index is 13.3. The van der Waals surface area contributed by atoms with E-state index in [9.17, 15) is 9.59 Å². The Labute approximate surface area is 323 Å². The zero-order chi connectivity index (χ0) is 39.6. The standard InChI is InChI=1S/C42H51N3O9Si/c1-29(34-24-51-40(44-34)36-26-52-39(45-36)35-25-50-37(43-35)27-49-28-48-8)22-30(46)16-15-17-31(23-38(47)53-41(2,3)4)54-55(42(5,6)7,32-18-11-9-12-19-32)33-20-13-10-14-21-33/h9-16,18-21,24-26,29,31H,17,22-23,27-28H2,1-8H3/b16-15+/t29-,31-/m0/s1. The van der Waals surface area contributed by atoms with Gasteiger partial charge in [0.2, 0.25) is 17.7 Å². The largest absolute Gasteiger partial charge is 0.460 e. The summed E-state index contributed by atoms with van der Waals surface area (Å²) in [5.74, 6) is 0.119. The van der Waals surface area contributed by atoms with Crippen LogP contribution in [-0.4, -0.2) is 60.6 Å². The number of hydrogen-bond donors (Lipinski definition) is 0. The molecule has 0 spiro atoms. The average Bonchev–Trinajstić information content (AvgIpc) is 3.92. The maximum Gasteiger partial charge on any atom is 0.308 e. The van der Waals surface area contributed by atoms with E-state index in [2.05, 4.69) is 60.0 Å². The summed E-state index contributed by atoms with van der Waals surface area (Å²) in [7, 11) is -1.48. The lowest BCUT2D eigenvalue weighted by Gasteiger charge is -2.45. The van der Waals surface area contributed by atoms with Crippen LogP contribution >= 0.6 is 0 Å². The van der Waals surface area contributed by atoms with Crippen molar-refractivity contribution in [3.63, 3.8) is 0 Å². The fourth-order valence-corrected chi connectivity index (χ4v) is 11.0. The van der Waals surface area contributed by atoms with Gasteiger partial charge in [-0.3, -0.25) is 9.59 Å². The van der Waals surface area contributed by atoms with Gasteiger partial charge in [-0.25, -0.2) is 15.0 Å². The van der Waals surface area contributed by atoms with Gasteiger partial charge in [0.05, 0.1) is 18.2 Å². The predicted octanol–water partition coefficient (Wildman–Crippen LogP) is 7.79. The molecule has 3 heterocycles. The molecule has 13 heteroatoms. The summed E-state index contributed by atoms with van der Waals surface area (Å²) in [6.07, 6.45) is 7.71. The Hall–Kier alpha value is -4.95. The number of benzene rings is 2. The van der Waals surface area contributed by atoms with Crippen LogP contribution in [0.4, 0.5) is 0 Å². The van der Waals surface area contributed by atoms with Gasteiger partial charge in [-0.1, -0.05) is 94.4 Å². The third-order valence-corrected chi connectivity index (χ3v) is 13.8. The van der Waals surface area contributed by atoms with Gasteiger partial charge < -0.3 is 31.9 Å². The number of carbonyl (C=O) groups is 2. The number of hydrogen-bond acceptors (Lipinski definition) is 12. The monoisotopic (exact) mass is 769 g/mol. The van der Waals surface area contributed by atoms with E-state index in [0.717, 1.165) is 10.4 Å². The van der Waals surface area contributed by atoms with Crippen molar-refractivity contribution >= 4 is 30.4 Å².